The number of nitrogens with one attached hydrogen (secondary N) is 4. The van der Waals surface area contributed by atoms with Crippen molar-refractivity contribution in [3.8, 4) is 34.0 Å². The molecule has 4 aliphatic rings. The zero-order chi connectivity index (χ0) is 51.7. The van der Waals surface area contributed by atoms with Crippen LogP contribution in [0.2, 0.25) is 0 Å². The number of ether oxygens (including phenoxy) is 2. The summed E-state index contributed by atoms with van der Waals surface area (Å²) < 4.78 is 45.6. The first-order valence-corrected chi connectivity index (χ1v) is 24.8. The number of hydrogen-bond donors (Lipinski definition) is 6. The molecule has 74 heavy (non-hydrogen) atoms. The van der Waals surface area contributed by atoms with Crippen LogP contribution in [0.1, 0.15) is 60.8 Å². The molecule has 8 aromatic rings. The van der Waals surface area contributed by atoms with Crippen molar-refractivity contribution in [3.63, 3.8) is 0 Å². The Bertz CT molecular complexity index is 3330. The van der Waals surface area contributed by atoms with Gasteiger partial charge in [0, 0.05) is 121 Å². The van der Waals surface area contributed by atoms with Gasteiger partial charge in [0.25, 0.3) is 0 Å². The highest BCUT2D eigenvalue weighted by Crippen LogP contribution is 2.57. The van der Waals surface area contributed by atoms with Crippen LogP contribution in [0.5, 0.6) is 11.8 Å². The number of hydrogen-bond acceptors (Lipinski definition) is 14. The molecule has 2 aliphatic heterocycles. The van der Waals surface area contributed by atoms with Crippen molar-refractivity contribution in [3.05, 3.63) is 108 Å². The lowest BCUT2D eigenvalue weighted by Gasteiger charge is -2.22. The zero-order valence-electron chi connectivity index (χ0n) is 41.8. The van der Waals surface area contributed by atoms with Gasteiger partial charge in [-0.05, 0) is 83.0 Å². The van der Waals surface area contributed by atoms with Gasteiger partial charge in [-0.25, -0.2) is 28.7 Å². The highest BCUT2D eigenvalue weighted by molar-refractivity contribution is 6.03. The number of rotatable bonds is 10. The van der Waals surface area contributed by atoms with Crippen molar-refractivity contribution in [2.24, 2.45) is 37.8 Å². The topological polar surface area (TPSA) is 240 Å². The summed E-state index contributed by atoms with van der Waals surface area (Å²) in [6, 6.07) is 6.92. The van der Waals surface area contributed by atoms with E-state index in [1.54, 1.807) is 46.0 Å². The number of aromatic nitrogens is 8. The lowest BCUT2D eigenvalue weighted by Crippen LogP contribution is -2.20. The normalized spacial score (nSPS) is 20.2. The Kier molecular flexibility index (Phi) is 12.2. The number of benzene rings is 2. The number of fused-ring (bicyclic) bond motifs is 4. The molecular weight excluding hydrogens is 947 g/mol. The molecule has 0 spiro atoms. The van der Waals surface area contributed by atoms with Crippen molar-refractivity contribution in [2.45, 2.75) is 52.4 Å². The standard InChI is InChI=1S/2C27H28FN7O2/c2*1-4-16-21(15-9-33-35(3)12-15)22(16)26(36)34-20-8-14-7-17(23(28)24(29)19(14)11-31-20)18-10-32-27-25(13(18)2)30-5-6-37-27/h2*7-12,16,21-22,30H,4-6,29H2,1-3H3,(H,31,34,36)/t2*16-,21-,22-/m10/s1. The van der Waals surface area contributed by atoms with Crippen molar-refractivity contribution < 1.29 is 27.8 Å². The molecule has 2 amide bonds. The largest absolute Gasteiger partial charge is 0.474 e. The van der Waals surface area contributed by atoms with Crippen molar-refractivity contribution in [2.75, 3.05) is 59.0 Å². The van der Waals surface area contributed by atoms with Gasteiger partial charge in [-0.3, -0.25) is 19.0 Å². The molecule has 0 bridgehead atoms. The van der Waals surface area contributed by atoms with Crippen LogP contribution in [0, 0.1) is 49.2 Å². The number of nitrogens with zero attached hydrogens (tertiary/aromatic N) is 8. The smallest absolute Gasteiger partial charge is 0.237 e. The van der Waals surface area contributed by atoms with Crippen LogP contribution in [0.4, 0.5) is 43.2 Å². The summed E-state index contributed by atoms with van der Waals surface area (Å²) in [6.45, 7) is 10.3. The molecule has 0 saturated heterocycles. The molecule has 18 nitrogen and oxygen atoms in total. The van der Waals surface area contributed by atoms with Gasteiger partial charge in [0.05, 0.1) is 23.8 Å². The van der Waals surface area contributed by atoms with E-state index in [0.29, 0.717) is 93.5 Å². The Balaban J connectivity index is 0.000000159. The molecule has 0 unspecified atom stereocenters. The third-order valence-electron chi connectivity index (χ3n) is 15.1. The second kappa shape index (κ2) is 18.9. The van der Waals surface area contributed by atoms with Crippen LogP contribution in [0.15, 0.2) is 73.8 Å². The highest BCUT2D eigenvalue weighted by Gasteiger charge is 2.55. The Morgan fingerprint density at radius 2 is 1.05 bits per heavy atom. The maximum atomic E-state index is 15.4. The molecule has 8 N–H and O–H groups in total. The lowest BCUT2D eigenvalue weighted by atomic mass is 9.97. The molecule has 8 heterocycles. The van der Waals surface area contributed by atoms with E-state index < -0.39 is 11.6 Å². The molecule has 6 atom stereocenters. The summed E-state index contributed by atoms with van der Waals surface area (Å²) in [7, 11) is 3.74. The lowest BCUT2D eigenvalue weighted by molar-refractivity contribution is -0.118. The molecule has 380 valence electrons. The average Bonchev–Trinajstić information content (AvgIpc) is 4.22. The number of nitrogen functional groups attached to an aromatic ring is 2. The van der Waals surface area contributed by atoms with Gasteiger partial charge in [-0.2, -0.15) is 10.2 Å². The van der Waals surface area contributed by atoms with Crippen LogP contribution < -0.4 is 42.2 Å². The number of carbonyl (C=O) groups excluding carboxylic acids is 2. The first-order chi connectivity index (χ1) is 35.7. The number of carbonyl (C=O) groups is 2. The van der Waals surface area contributed by atoms with Crippen LogP contribution in [-0.4, -0.2) is 77.6 Å². The molecule has 12 rings (SSSR count). The molecule has 0 radical (unpaired) electrons. The van der Waals surface area contributed by atoms with E-state index in [4.69, 9.17) is 20.9 Å². The van der Waals surface area contributed by atoms with Gasteiger partial charge in [-0.1, -0.05) is 26.7 Å². The number of nitrogens with two attached hydrogens (primary N) is 2. The van der Waals surface area contributed by atoms with Gasteiger partial charge < -0.3 is 42.2 Å². The summed E-state index contributed by atoms with van der Waals surface area (Å²) in [4.78, 5) is 43.8. The minimum atomic E-state index is -0.532. The highest BCUT2D eigenvalue weighted by atomic mass is 19.1. The minimum Gasteiger partial charge on any atom is -0.474 e. The van der Waals surface area contributed by atoms with Crippen LogP contribution in [0.25, 0.3) is 43.8 Å². The molecule has 6 aromatic heterocycles. The minimum absolute atomic E-state index is 0.00379. The van der Waals surface area contributed by atoms with Gasteiger partial charge >= 0.3 is 0 Å². The van der Waals surface area contributed by atoms with E-state index in [1.807, 2.05) is 52.7 Å². The second-order valence-corrected chi connectivity index (χ2v) is 19.5. The first kappa shape index (κ1) is 47.9. The SMILES string of the molecule is CC[C@@H]1[C@H](C(=O)Nc2cc3cc(-c4cnc5c(c4C)NCCO5)c(F)c(N)c3cn2)[C@H]1c1cnn(C)c1.CC[C@H]1[C@@H](C(=O)Nc2cc3cc(-c4cnc5c(c4C)NCCO5)c(F)c(N)c3cn2)[C@@H]1c1cnn(C)c1. The van der Waals surface area contributed by atoms with E-state index in [0.717, 1.165) is 46.5 Å². The van der Waals surface area contributed by atoms with Gasteiger partial charge in [0.15, 0.2) is 11.6 Å². The van der Waals surface area contributed by atoms with E-state index in [1.165, 1.54) is 12.4 Å². The van der Waals surface area contributed by atoms with Gasteiger partial charge in [0.2, 0.25) is 23.6 Å². The third kappa shape index (κ3) is 8.46. The quantitative estimate of drug-likeness (QED) is 0.0705. The molecule has 2 aromatic carbocycles. The number of pyridine rings is 4. The van der Waals surface area contributed by atoms with Crippen molar-refractivity contribution in [1.82, 2.24) is 39.5 Å². The van der Waals surface area contributed by atoms with E-state index >= 15 is 8.78 Å². The zero-order valence-corrected chi connectivity index (χ0v) is 41.8. The number of anilines is 6. The van der Waals surface area contributed by atoms with E-state index in [9.17, 15) is 9.59 Å². The molecular formula is C54H56F2N14O4. The fourth-order valence-corrected chi connectivity index (χ4v) is 11.1. The monoisotopic (exact) mass is 1000 g/mol. The Morgan fingerprint density at radius 1 is 0.635 bits per heavy atom. The van der Waals surface area contributed by atoms with Crippen molar-refractivity contribution >= 4 is 67.7 Å². The molecule has 2 saturated carbocycles. The summed E-state index contributed by atoms with van der Waals surface area (Å²) in [6.07, 6.45) is 15.6. The maximum absolute atomic E-state index is 15.4. The van der Waals surface area contributed by atoms with E-state index in [2.05, 4.69) is 65.2 Å². The molecule has 2 fully saturated rings. The van der Waals surface area contributed by atoms with E-state index in [-0.39, 0.29) is 58.7 Å². The predicted molar refractivity (Wildman–Crippen MR) is 280 cm³/mol. The molecule has 20 heteroatoms. The van der Waals surface area contributed by atoms with Crippen LogP contribution in [-0.2, 0) is 23.7 Å². The summed E-state index contributed by atoms with van der Waals surface area (Å²) in [5.74, 6) is 1.12. The Morgan fingerprint density at radius 3 is 1.43 bits per heavy atom. The molecule has 2 aliphatic carbocycles. The Hall–Kier alpha value is -8.42. The first-order valence-electron chi connectivity index (χ1n) is 24.8. The van der Waals surface area contributed by atoms with Crippen molar-refractivity contribution in [1.29, 1.82) is 0 Å². The average molecular weight is 1000 g/mol. The number of halogens is 2. The number of aryl methyl sites for hydroxylation is 2. The fourth-order valence-electron chi connectivity index (χ4n) is 11.1. The summed E-state index contributed by atoms with van der Waals surface area (Å²) >= 11 is 0. The third-order valence-corrected chi connectivity index (χ3v) is 15.1. The summed E-state index contributed by atoms with van der Waals surface area (Å²) in [5.41, 5.74) is 19.6. The number of amides is 2. The van der Waals surface area contributed by atoms with Crippen LogP contribution in [0.3, 0.4) is 0 Å². The fraction of sp³-hybridized carbons (Fsp3) is 0.333. The Labute approximate surface area is 424 Å². The van der Waals surface area contributed by atoms with Gasteiger partial charge in [-0.15, -0.1) is 0 Å². The predicted octanol–water partition coefficient (Wildman–Crippen LogP) is 8.49. The second-order valence-electron chi connectivity index (χ2n) is 19.5. The summed E-state index contributed by atoms with van der Waals surface area (Å²) in [5, 5.41) is 23.3. The van der Waals surface area contributed by atoms with Crippen LogP contribution >= 0.6 is 0 Å². The van der Waals surface area contributed by atoms with Gasteiger partial charge in [0.1, 0.15) is 36.2 Å². The maximum Gasteiger partial charge on any atom is 0.237 e.